The molecular formula is C38H46O. The van der Waals surface area contributed by atoms with Crippen LogP contribution < -0.4 is 0 Å². The Hall–Kier alpha value is -3.16. The van der Waals surface area contributed by atoms with Crippen LogP contribution in [0.4, 0.5) is 0 Å². The van der Waals surface area contributed by atoms with E-state index in [9.17, 15) is 0 Å². The molecule has 0 saturated heterocycles. The second-order valence-corrected chi connectivity index (χ2v) is 11.1. The van der Waals surface area contributed by atoms with Crippen molar-refractivity contribution < 1.29 is 4.74 Å². The van der Waals surface area contributed by atoms with Crippen molar-refractivity contribution in [2.24, 2.45) is 0 Å². The second kappa shape index (κ2) is 14.8. The smallest absolute Gasteiger partial charge is 0.0957 e. The molecule has 0 fully saturated rings. The van der Waals surface area contributed by atoms with Gasteiger partial charge < -0.3 is 4.74 Å². The summed E-state index contributed by atoms with van der Waals surface area (Å²) in [6.45, 7) is 4.50. The Morgan fingerprint density at radius 1 is 0.641 bits per heavy atom. The van der Waals surface area contributed by atoms with Crippen LogP contribution in [0.5, 0.6) is 0 Å². The van der Waals surface area contributed by atoms with Crippen LogP contribution in [0.3, 0.4) is 0 Å². The van der Waals surface area contributed by atoms with E-state index < -0.39 is 11.2 Å². The summed E-state index contributed by atoms with van der Waals surface area (Å²) in [6.07, 6.45) is 33.7. The summed E-state index contributed by atoms with van der Waals surface area (Å²) in [7, 11) is 0. The monoisotopic (exact) mass is 518 g/mol. The summed E-state index contributed by atoms with van der Waals surface area (Å²) in [5, 5.41) is 0. The fourth-order valence-corrected chi connectivity index (χ4v) is 5.65. The number of hydrogen-bond donors (Lipinski definition) is 0. The van der Waals surface area contributed by atoms with Gasteiger partial charge in [-0.1, -0.05) is 149 Å². The van der Waals surface area contributed by atoms with Gasteiger partial charge in [0, 0.05) is 12.8 Å². The molecular weight excluding hydrogens is 472 g/mol. The molecule has 2 aliphatic rings. The van der Waals surface area contributed by atoms with Crippen LogP contribution in [0.2, 0.25) is 0 Å². The minimum Gasteiger partial charge on any atom is -0.359 e. The molecule has 0 aromatic heterocycles. The molecule has 4 rings (SSSR count). The predicted molar refractivity (Wildman–Crippen MR) is 168 cm³/mol. The number of ether oxygens (including phenoxy) is 1. The Morgan fingerprint density at radius 3 is 1.49 bits per heavy atom. The molecule has 204 valence electrons. The Balaban J connectivity index is 1.71. The lowest BCUT2D eigenvalue weighted by molar-refractivity contribution is -0.106. The van der Waals surface area contributed by atoms with Crippen LogP contribution in [0.1, 0.15) is 76.3 Å². The first-order chi connectivity index (χ1) is 19.1. The maximum absolute atomic E-state index is 7.51. The molecule has 0 radical (unpaired) electrons. The Bertz CT molecular complexity index is 1100. The Kier molecular flexibility index (Phi) is 11.0. The first-order valence-electron chi connectivity index (χ1n) is 15.0. The van der Waals surface area contributed by atoms with Crippen molar-refractivity contribution in [3.63, 3.8) is 0 Å². The number of allylic oxidation sites excluding steroid dienone is 8. The highest BCUT2D eigenvalue weighted by atomic mass is 16.5. The molecule has 0 spiro atoms. The number of benzene rings is 2. The average molecular weight is 519 g/mol. The third-order valence-electron chi connectivity index (χ3n) is 7.57. The molecule has 2 aliphatic carbocycles. The van der Waals surface area contributed by atoms with Gasteiger partial charge in [0.1, 0.15) is 0 Å². The van der Waals surface area contributed by atoms with E-state index in [2.05, 4.69) is 135 Å². The van der Waals surface area contributed by atoms with Gasteiger partial charge in [-0.25, -0.2) is 0 Å². The van der Waals surface area contributed by atoms with Crippen LogP contribution in [-0.4, -0.2) is 11.2 Å². The summed E-state index contributed by atoms with van der Waals surface area (Å²) in [4.78, 5) is 0. The van der Waals surface area contributed by atoms with E-state index >= 15 is 0 Å². The highest BCUT2D eigenvalue weighted by Crippen LogP contribution is 2.40. The molecule has 1 nitrogen and oxygen atoms in total. The number of unbranched alkanes of at least 4 members (excludes halogenated alkanes) is 4. The van der Waals surface area contributed by atoms with Gasteiger partial charge in [0.2, 0.25) is 0 Å². The summed E-state index contributed by atoms with van der Waals surface area (Å²) in [6, 6.07) is 21.7. The van der Waals surface area contributed by atoms with E-state index in [1.54, 1.807) is 0 Å². The van der Waals surface area contributed by atoms with Crippen molar-refractivity contribution in [3.05, 3.63) is 144 Å². The molecule has 2 aromatic rings. The van der Waals surface area contributed by atoms with Crippen molar-refractivity contribution in [2.75, 3.05) is 0 Å². The van der Waals surface area contributed by atoms with E-state index in [1.807, 2.05) is 0 Å². The lowest BCUT2D eigenvalue weighted by Crippen LogP contribution is -2.46. The van der Waals surface area contributed by atoms with Crippen LogP contribution in [0.25, 0.3) is 0 Å². The SMILES string of the molecule is CCCCC=CC1=CC(Cc2ccccc2)(OC2(Cc3ccccc3)C=C(C=CCCCC)C=CC2)CC=C1. The van der Waals surface area contributed by atoms with E-state index in [4.69, 9.17) is 4.74 Å². The van der Waals surface area contributed by atoms with Gasteiger partial charge >= 0.3 is 0 Å². The molecule has 0 amide bonds. The normalized spacial score (nSPS) is 22.9. The molecule has 0 saturated carbocycles. The highest BCUT2D eigenvalue weighted by molar-refractivity contribution is 5.41. The minimum absolute atomic E-state index is 0.423. The number of hydrogen-bond acceptors (Lipinski definition) is 1. The first kappa shape index (κ1) is 28.8. The van der Waals surface area contributed by atoms with E-state index in [0.29, 0.717) is 0 Å². The quantitative estimate of drug-likeness (QED) is 0.226. The molecule has 2 atom stereocenters. The lowest BCUT2D eigenvalue weighted by atomic mass is 9.81. The zero-order chi connectivity index (χ0) is 27.2. The van der Waals surface area contributed by atoms with Gasteiger partial charge in [0.05, 0.1) is 11.2 Å². The molecule has 0 N–H and O–H groups in total. The molecule has 2 unspecified atom stereocenters. The maximum Gasteiger partial charge on any atom is 0.0957 e. The summed E-state index contributed by atoms with van der Waals surface area (Å²) < 4.78 is 7.51. The van der Waals surface area contributed by atoms with Gasteiger partial charge in [-0.3, -0.25) is 0 Å². The topological polar surface area (TPSA) is 9.23 Å². The maximum atomic E-state index is 7.51. The molecule has 39 heavy (non-hydrogen) atoms. The standard InChI is InChI=1S/C38H46O/c1-3-5-7-11-19-35-25-17-27-37(31-35,29-33-21-13-9-14-22-33)39-38(30-34-23-15-10-16-24-34)28-18-26-36(32-38)20-12-8-6-4-2/h9-26,31-32H,3-8,27-30H2,1-2H3. The van der Waals surface area contributed by atoms with Crippen LogP contribution in [-0.2, 0) is 17.6 Å². The second-order valence-electron chi connectivity index (χ2n) is 11.1. The van der Waals surface area contributed by atoms with Crippen molar-refractivity contribution in [2.45, 2.75) is 89.3 Å². The van der Waals surface area contributed by atoms with Gasteiger partial charge in [0.25, 0.3) is 0 Å². The summed E-state index contributed by atoms with van der Waals surface area (Å²) >= 11 is 0. The van der Waals surface area contributed by atoms with Crippen LogP contribution >= 0.6 is 0 Å². The average Bonchev–Trinajstić information content (AvgIpc) is 2.95. The Labute approximate surface area is 237 Å². The van der Waals surface area contributed by atoms with Crippen molar-refractivity contribution in [3.8, 4) is 0 Å². The van der Waals surface area contributed by atoms with E-state index in [1.165, 1.54) is 48.0 Å². The third kappa shape index (κ3) is 8.94. The van der Waals surface area contributed by atoms with Crippen LogP contribution in [0.15, 0.2) is 133 Å². The summed E-state index contributed by atoms with van der Waals surface area (Å²) in [5.41, 5.74) is 4.27. The lowest BCUT2D eigenvalue weighted by Gasteiger charge is -2.43. The van der Waals surface area contributed by atoms with Crippen LogP contribution in [0, 0.1) is 0 Å². The van der Waals surface area contributed by atoms with Gasteiger partial charge in [0.15, 0.2) is 0 Å². The minimum atomic E-state index is -0.423. The van der Waals surface area contributed by atoms with Gasteiger partial charge in [-0.15, -0.1) is 0 Å². The molecule has 0 bridgehead atoms. The fourth-order valence-electron chi connectivity index (χ4n) is 5.65. The number of rotatable bonds is 14. The first-order valence-corrected chi connectivity index (χ1v) is 15.0. The van der Waals surface area contributed by atoms with E-state index in [0.717, 1.165) is 38.5 Å². The molecule has 2 aromatic carbocycles. The predicted octanol–water partition coefficient (Wildman–Crippen LogP) is 10.2. The summed E-state index contributed by atoms with van der Waals surface area (Å²) in [5.74, 6) is 0. The van der Waals surface area contributed by atoms with Crippen molar-refractivity contribution in [1.29, 1.82) is 0 Å². The highest BCUT2D eigenvalue weighted by Gasteiger charge is 2.40. The Morgan fingerprint density at radius 2 is 1.08 bits per heavy atom. The van der Waals surface area contributed by atoms with Crippen molar-refractivity contribution in [1.82, 2.24) is 0 Å². The molecule has 0 aliphatic heterocycles. The molecule has 0 heterocycles. The van der Waals surface area contributed by atoms with Gasteiger partial charge in [-0.05, 0) is 60.1 Å². The fraction of sp³-hybridized carbons (Fsp3) is 0.368. The van der Waals surface area contributed by atoms with E-state index in [-0.39, 0.29) is 0 Å². The zero-order valence-electron chi connectivity index (χ0n) is 24.0. The molecule has 1 heteroatoms. The van der Waals surface area contributed by atoms with Crippen molar-refractivity contribution >= 4 is 0 Å². The largest absolute Gasteiger partial charge is 0.359 e. The third-order valence-corrected chi connectivity index (χ3v) is 7.57. The van der Waals surface area contributed by atoms with Gasteiger partial charge in [-0.2, -0.15) is 0 Å². The zero-order valence-corrected chi connectivity index (χ0v) is 24.0.